The fraction of sp³-hybridized carbons (Fsp3) is 0.743. The first-order valence-corrected chi connectivity index (χ1v) is 15.9. The molecule has 2 aliphatic heterocycles. The Morgan fingerprint density at radius 3 is 2.25 bits per heavy atom. The van der Waals surface area contributed by atoms with E-state index < -0.39 is 60.2 Å². The van der Waals surface area contributed by atoms with Gasteiger partial charge in [-0.2, -0.15) is 0 Å². The molecule has 1 fully saturated rings. The van der Waals surface area contributed by atoms with Crippen molar-refractivity contribution in [3.05, 3.63) is 47.3 Å². The lowest BCUT2D eigenvalue weighted by Gasteiger charge is -2.49. The standard InChI is InChI=1S/C35H58O9/c1-19(2)32-24(7)27(36)18-35(40,44-32)26(9)31(38)25(8)33-28(41-10)14-12-13-20(3)15-22(5)30(37)23(6)16-21(4)17-29(42-11)34(39)43-33/h12-14,16-17,19,22-28,30-33,36-38,40H,15,18H2,1-11H3/b14-12+,20-13+,21-16+,29-17?/t22-,23+,24-,25-,26-,27+,28-,30-,31+,32+,33?,35+/m0/s1. The minimum Gasteiger partial charge on any atom is -0.490 e. The average molecular weight is 623 g/mol. The van der Waals surface area contributed by atoms with Gasteiger partial charge in [0.2, 0.25) is 5.76 Å². The summed E-state index contributed by atoms with van der Waals surface area (Å²) >= 11 is 0. The quantitative estimate of drug-likeness (QED) is 0.298. The van der Waals surface area contributed by atoms with Crippen molar-refractivity contribution >= 4 is 5.97 Å². The van der Waals surface area contributed by atoms with Gasteiger partial charge < -0.3 is 39.4 Å². The number of carbonyl (C=O) groups excluding carboxylic acids is 1. The van der Waals surface area contributed by atoms with Gasteiger partial charge in [0.05, 0.1) is 31.5 Å². The van der Waals surface area contributed by atoms with E-state index >= 15 is 0 Å². The third-order valence-electron chi connectivity index (χ3n) is 9.50. The molecule has 12 atom stereocenters. The van der Waals surface area contributed by atoms with Crippen molar-refractivity contribution in [2.24, 2.45) is 35.5 Å². The van der Waals surface area contributed by atoms with Crippen molar-refractivity contribution < 1.29 is 44.2 Å². The second kappa shape index (κ2) is 16.5. The van der Waals surface area contributed by atoms with Crippen molar-refractivity contribution in [2.45, 2.75) is 118 Å². The summed E-state index contributed by atoms with van der Waals surface area (Å²) in [6.07, 6.45) is 4.85. The van der Waals surface area contributed by atoms with E-state index in [1.54, 1.807) is 26.0 Å². The van der Waals surface area contributed by atoms with Gasteiger partial charge in [0, 0.05) is 37.2 Å². The SMILES string of the molecule is COC1=C/C(C)=C/[C@@H](C)[C@@H](O)[C@@H](C)C/C(C)=C/C=C/[C@H](OC)C([C@@H](C)[C@@H](O)[C@H](C)[C@@]2(O)C[C@@H](O)[C@H](C)[C@@H](C(C)C)O2)OC1=O. The van der Waals surface area contributed by atoms with Crippen LogP contribution in [0, 0.1) is 35.5 Å². The largest absolute Gasteiger partial charge is 0.490 e. The van der Waals surface area contributed by atoms with Crippen LogP contribution in [0.3, 0.4) is 0 Å². The summed E-state index contributed by atoms with van der Waals surface area (Å²) in [5.74, 6) is -4.49. The normalized spacial score (nSPS) is 40.0. The number of rotatable bonds is 7. The highest BCUT2D eigenvalue weighted by Gasteiger charge is 2.51. The van der Waals surface area contributed by atoms with Crippen LogP contribution in [-0.4, -0.2) is 83.0 Å². The number of allylic oxidation sites excluding steroid dienone is 5. The number of aliphatic hydroxyl groups is 4. The molecule has 0 amide bonds. The van der Waals surface area contributed by atoms with Crippen LogP contribution < -0.4 is 0 Å². The molecule has 0 bridgehead atoms. The fourth-order valence-electron chi connectivity index (χ4n) is 6.54. The highest BCUT2D eigenvalue weighted by Crippen LogP contribution is 2.41. The van der Waals surface area contributed by atoms with Gasteiger partial charge in [-0.1, -0.05) is 83.9 Å². The molecule has 2 aliphatic rings. The molecule has 9 heteroatoms. The maximum atomic E-state index is 13.5. The van der Waals surface area contributed by atoms with Gasteiger partial charge >= 0.3 is 5.97 Å². The summed E-state index contributed by atoms with van der Waals surface area (Å²) in [5.41, 5.74) is 1.78. The molecule has 1 unspecified atom stereocenters. The van der Waals surface area contributed by atoms with Crippen LogP contribution in [0.2, 0.25) is 0 Å². The van der Waals surface area contributed by atoms with E-state index in [-0.39, 0.29) is 35.9 Å². The molecule has 0 saturated carbocycles. The number of esters is 1. The fourth-order valence-corrected chi connectivity index (χ4v) is 6.54. The Bertz CT molecular complexity index is 1060. The molecule has 0 spiro atoms. The van der Waals surface area contributed by atoms with E-state index in [0.717, 1.165) is 11.1 Å². The van der Waals surface area contributed by atoms with Crippen molar-refractivity contribution in [2.75, 3.05) is 14.2 Å². The molecule has 0 aliphatic carbocycles. The molecular weight excluding hydrogens is 564 g/mol. The predicted molar refractivity (Wildman–Crippen MR) is 170 cm³/mol. The third-order valence-corrected chi connectivity index (χ3v) is 9.50. The molecule has 2 rings (SSSR count). The maximum absolute atomic E-state index is 13.5. The Morgan fingerprint density at radius 2 is 1.68 bits per heavy atom. The molecule has 9 nitrogen and oxygen atoms in total. The summed E-state index contributed by atoms with van der Waals surface area (Å²) in [6, 6.07) is 0. The molecule has 0 aromatic heterocycles. The van der Waals surface area contributed by atoms with E-state index in [1.807, 2.05) is 66.7 Å². The first-order valence-electron chi connectivity index (χ1n) is 15.9. The zero-order chi connectivity index (χ0) is 33.5. The van der Waals surface area contributed by atoms with Crippen molar-refractivity contribution in [3.8, 4) is 0 Å². The average Bonchev–Trinajstić information content (AvgIpc) is 2.96. The molecule has 0 radical (unpaired) electrons. The monoisotopic (exact) mass is 622 g/mol. The second-order valence-electron chi connectivity index (χ2n) is 13.6. The first-order chi connectivity index (χ1) is 20.5. The number of hydrogen-bond donors (Lipinski definition) is 4. The second-order valence-corrected chi connectivity index (χ2v) is 13.6. The van der Waals surface area contributed by atoms with Crippen LogP contribution in [0.25, 0.3) is 0 Å². The van der Waals surface area contributed by atoms with Crippen LogP contribution in [0.1, 0.15) is 75.2 Å². The van der Waals surface area contributed by atoms with Crippen LogP contribution in [0.5, 0.6) is 0 Å². The van der Waals surface area contributed by atoms with Gasteiger partial charge in [0.15, 0.2) is 5.79 Å². The molecule has 0 aromatic rings. The summed E-state index contributed by atoms with van der Waals surface area (Å²) in [5, 5.41) is 45.0. The molecular formula is C35H58O9. The van der Waals surface area contributed by atoms with Gasteiger partial charge in [0.25, 0.3) is 0 Å². The van der Waals surface area contributed by atoms with E-state index in [2.05, 4.69) is 0 Å². The Morgan fingerprint density at radius 1 is 1.05 bits per heavy atom. The number of carbonyl (C=O) groups is 1. The molecule has 4 N–H and O–H groups in total. The number of aliphatic hydroxyl groups excluding tert-OH is 3. The summed E-state index contributed by atoms with van der Waals surface area (Å²) in [4.78, 5) is 13.5. The smallest absolute Gasteiger partial charge is 0.373 e. The van der Waals surface area contributed by atoms with E-state index in [9.17, 15) is 25.2 Å². The van der Waals surface area contributed by atoms with Crippen LogP contribution in [0.4, 0.5) is 0 Å². The molecule has 0 aromatic carbocycles. The number of methoxy groups -OCH3 is 2. The maximum Gasteiger partial charge on any atom is 0.373 e. The van der Waals surface area contributed by atoms with E-state index in [0.29, 0.717) is 6.42 Å². The minimum atomic E-state index is -1.80. The number of cyclic esters (lactones) is 1. The van der Waals surface area contributed by atoms with Crippen LogP contribution >= 0.6 is 0 Å². The summed E-state index contributed by atoms with van der Waals surface area (Å²) in [7, 11) is 2.87. The highest BCUT2D eigenvalue weighted by atomic mass is 16.6. The van der Waals surface area contributed by atoms with Gasteiger partial charge in [-0.3, -0.25) is 0 Å². The van der Waals surface area contributed by atoms with Crippen LogP contribution in [0.15, 0.2) is 47.3 Å². The Hall–Kier alpha value is -2.01. The Kier molecular flexibility index (Phi) is 14.3. The van der Waals surface area contributed by atoms with Gasteiger partial charge in [-0.15, -0.1) is 0 Å². The lowest BCUT2D eigenvalue weighted by Crippen LogP contribution is -2.59. The Balaban J connectivity index is 2.52. The van der Waals surface area contributed by atoms with Gasteiger partial charge in [-0.25, -0.2) is 4.79 Å². The summed E-state index contributed by atoms with van der Waals surface area (Å²) < 4.78 is 23.4. The van der Waals surface area contributed by atoms with E-state index in [1.165, 1.54) is 14.2 Å². The zero-order valence-corrected chi connectivity index (χ0v) is 28.6. The summed E-state index contributed by atoms with van der Waals surface area (Å²) in [6.45, 7) is 17.0. The van der Waals surface area contributed by atoms with Crippen LogP contribution in [-0.2, 0) is 23.7 Å². The topological polar surface area (TPSA) is 135 Å². The molecule has 1 saturated heterocycles. The van der Waals surface area contributed by atoms with Crippen molar-refractivity contribution in [1.29, 1.82) is 0 Å². The van der Waals surface area contributed by atoms with Gasteiger partial charge in [-0.05, 0) is 38.2 Å². The van der Waals surface area contributed by atoms with Crippen molar-refractivity contribution in [3.63, 3.8) is 0 Å². The molecule has 252 valence electrons. The number of hydrogen-bond acceptors (Lipinski definition) is 9. The zero-order valence-electron chi connectivity index (χ0n) is 28.6. The minimum absolute atomic E-state index is 0.00492. The lowest BCUT2D eigenvalue weighted by molar-refractivity contribution is -0.328. The van der Waals surface area contributed by atoms with Crippen molar-refractivity contribution in [1.82, 2.24) is 0 Å². The predicted octanol–water partition coefficient (Wildman–Crippen LogP) is 4.69. The Labute approximate surface area is 264 Å². The van der Waals surface area contributed by atoms with E-state index in [4.69, 9.17) is 18.9 Å². The van der Waals surface area contributed by atoms with Gasteiger partial charge in [0.1, 0.15) is 12.2 Å². The third kappa shape index (κ3) is 9.50. The lowest BCUT2D eigenvalue weighted by atomic mass is 9.76. The number of ether oxygens (including phenoxy) is 4. The molecule has 44 heavy (non-hydrogen) atoms. The first kappa shape index (κ1) is 38.2. The highest BCUT2D eigenvalue weighted by molar-refractivity contribution is 5.87. The molecule has 2 heterocycles.